The molecule has 1 saturated heterocycles. The summed E-state index contributed by atoms with van der Waals surface area (Å²) in [6.45, 7) is 1.14. The lowest BCUT2D eigenvalue weighted by Gasteiger charge is -2.23. The molecule has 0 saturated carbocycles. The number of aromatic hydroxyl groups is 1. The van der Waals surface area contributed by atoms with Crippen molar-refractivity contribution in [2.75, 3.05) is 6.54 Å². The van der Waals surface area contributed by atoms with Crippen LogP contribution in [0.15, 0.2) is 22.7 Å². The van der Waals surface area contributed by atoms with E-state index >= 15 is 0 Å². The second-order valence-electron chi connectivity index (χ2n) is 4.14. The predicted molar refractivity (Wildman–Crippen MR) is 65.2 cm³/mol. The highest BCUT2D eigenvalue weighted by molar-refractivity contribution is 9.10. The quantitative estimate of drug-likeness (QED) is 0.866. The van der Waals surface area contributed by atoms with Crippen molar-refractivity contribution in [2.24, 2.45) is 0 Å². The van der Waals surface area contributed by atoms with Crippen molar-refractivity contribution in [1.82, 2.24) is 5.32 Å². The minimum Gasteiger partial charge on any atom is -0.507 e. The SMILES string of the molecule is Oc1ccc(CC2CCCCN2)cc1Br. The van der Waals surface area contributed by atoms with Gasteiger partial charge in [-0.25, -0.2) is 0 Å². The Morgan fingerprint density at radius 1 is 1.40 bits per heavy atom. The summed E-state index contributed by atoms with van der Waals surface area (Å²) < 4.78 is 0.788. The third-order valence-electron chi connectivity index (χ3n) is 2.91. The Balaban J connectivity index is 2.00. The maximum absolute atomic E-state index is 9.39. The zero-order valence-corrected chi connectivity index (χ0v) is 10.3. The summed E-state index contributed by atoms with van der Waals surface area (Å²) in [5.74, 6) is 0.315. The van der Waals surface area contributed by atoms with Crippen molar-refractivity contribution >= 4 is 15.9 Å². The van der Waals surface area contributed by atoms with Gasteiger partial charge >= 0.3 is 0 Å². The third-order valence-corrected chi connectivity index (χ3v) is 3.54. The molecule has 1 fully saturated rings. The molecule has 0 bridgehead atoms. The summed E-state index contributed by atoms with van der Waals surface area (Å²) in [6, 6.07) is 6.36. The van der Waals surface area contributed by atoms with Crippen LogP contribution >= 0.6 is 15.9 Å². The van der Waals surface area contributed by atoms with E-state index in [1.54, 1.807) is 6.07 Å². The smallest absolute Gasteiger partial charge is 0.129 e. The Morgan fingerprint density at radius 3 is 2.93 bits per heavy atom. The van der Waals surface area contributed by atoms with Gasteiger partial charge in [0.05, 0.1) is 4.47 Å². The van der Waals surface area contributed by atoms with Crippen LogP contribution in [-0.4, -0.2) is 17.7 Å². The molecule has 1 aliphatic rings. The van der Waals surface area contributed by atoms with Gasteiger partial charge in [0.25, 0.3) is 0 Å². The summed E-state index contributed by atoms with van der Waals surface area (Å²) in [5, 5.41) is 12.9. The molecule has 2 N–H and O–H groups in total. The van der Waals surface area contributed by atoms with E-state index in [1.165, 1.54) is 24.8 Å². The average molecular weight is 270 g/mol. The minimum atomic E-state index is 0.315. The van der Waals surface area contributed by atoms with Gasteiger partial charge < -0.3 is 10.4 Å². The van der Waals surface area contributed by atoms with Crippen LogP contribution in [0.25, 0.3) is 0 Å². The predicted octanol–water partition coefficient (Wildman–Crippen LogP) is 2.84. The zero-order chi connectivity index (χ0) is 10.7. The molecule has 82 valence electrons. The van der Waals surface area contributed by atoms with Crippen molar-refractivity contribution < 1.29 is 5.11 Å². The summed E-state index contributed by atoms with van der Waals surface area (Å²) in [4.78, 5) is 0. The molecule has 0 aliphatic carbocycles. The van der Waals surface area contributed by atoms with Crippen LogP contribution in [0.3, 0.4) is 0 Å². The summed E-state index contributed by atoms with van der Waals surface area (Å²) in [6.07, 6.45) is 4.95. The van der Waals surface area contributed by atoms with E-state index in [0.717, 1.165) is 17.4 Å². The van der Waals surface area contributed by atoms with E-state index in [2.05, 4.69) is 21.2 Å². The van der Waals surface area contributed by atoms with Gasteiger partial charge in [0, 0.05) is 6.04 Å². The highest BCUT2D eigenvalue weighted by Crippen LogP contribution is 2.25. The molecule has 2 rings (SSSR count). The first kappa shape index (κ1) is 11.0. The molecule has 1 atom stereocenters. The van der Waals surface area contributed by atoms with Crippen LogP contribution in [0.2, 0.25) is 0 Å². The number of rotatable bonds is 2. The van der Waals surface area contributed by atoms with Crippen molar-refractivity contribution in [1.29, 1.82) is 0 Å². The minimum absolute atomic E-state index is 0.315. The van der Waals surface area contributed by atoms with Gasteiger partial charge in [-0.2, -0.15) is 0 Å². The Kier molecular flexibility index (Phi) is 3.65. The van der Waals surface area contributed by atoms with E-state index in [0.29, 0.717) is 11.8 Å². The first-order chi connectivity index (χ1) is 7.25. The van der Waals surface area contributed by atoms with Crippen molar-refractivity contribution in [2.45, 2.75) is 31.7 Å². The van der Waals surface area contributed by atoms with E-state index in [4.69, 9.17) is 0 Å². The van der Waals surface area contributed by atoms with E-state index in [-0.39, 0.29) is 0 Å². The maximum Gasteiger partial charge on any atom is 0.129 e. The second kappa shape index (κ2) is 4.99. The Hall–Kier alpha value is -0.540. The molecule has 15 heavy (non-hydrogen) atoms. The van der Waals surface area contributed by atoms with Crippen LogP contribution in [-0.2, 0) is 6.42 Å². The van der Waals surface area contributed by atoms with Crippen LogP contribution in [0.1, 0.15) is 24.8 Å². The lowest BCUT2D eigenvalue weighted by Crippen LogP contribution is -2.35. The number of halogens is 1. The first-order valence-electron chi connectivity index (χ1n) is 5.46. The lowest BCUT2D eigenvalue weighted by atomic mass is 9.98. The second-order valence-corrected chi connectivity index (χ2v) is 4.99. The molecule has 2 nitrogen and oxygen atoms in total. The first-order valence-corrected chi connectivity index (χ1v) is 6.26. The lowest BCUT2D eigenvalue weighted by molar-refractivity contribution is 0.399. The van der Waals surface area contributed by atoms with Gasteiger partial charge in [-0.05, 0) is 59.4 Å². The van der Waals surface area contributed by atoms with E-state index in [9.17, 15) is 5.11 Å². The summed E-state index contributed by atoms with van der Waals surface area (Å²) in [7, 11) is 0. The molecule has 1 unspecified atom stereocenters. The van der Waals surface area contributed by atoms with Gasteiger partial charge in [0.1, 0.15) is 5.75 Å². The molecular formula is C12H16BrNO. The number of hydrogen-bond donors (Lipinski definition) is 2. The molecule has 1 aromatic carbocycles. The number of hydrogen-bond acceptors (Lipinski definition) is 2. The largest absolute Gasteiger partial charge is 0.507 e. The number of piperidine rings is 1. The topological polar surface area (TPSA) is 32.3 Å². The average Bonchev–Trinajstić information content (AvgIpc) is 2.25. The van der Waals surface area contributed by atoms with Crippen LogP contribution < -0.4 is 5.32 Å². The molecule has 1 aromatic rings. The van der Waals surface area contributed by atoms with E-state index < -0.39 is 0 Å². The zero-order valence-electron chi connectivity index (χ0n) is 8.67. The molecule has 0 amide bonds. The molecule has 0 aromatic heterocycles. The van der Waals surface area contributed by atoms with Crippen LogP contribution in [0.4, 0.5) is 0 Å². The number of phenolic OH excluding ortho intramolecular Hbond substituents is 1. The molecular weight excluding hydrogens is 254 g/mol. The van der Waals surface area contributed by atoms with Crippen LogP contribution in [0, 0.1) is 0 Å². The third kappa shape index (κ3) is 2.95. The standard InChI is InChI=1S/C12H16BrNO/c13-11-8-9(4-5-12(11)15)7-10-3-1-2-6-14-10/h4-5,8,10,14-15H,1-3,6-7H2. The van der Waals surface area contributed by atoms with Crippen molar-refractivity contribution in [3.05, 3.63) is 28.2 Å². The van der Waals surface area contributed by atoms with Crippen molar-refractivity contribution in [3.8, 4) is 5.75 Å². The highest BCUT2D eigenvalue weighted by atomic mass is 79.9. The van der Waals surface area contributed by atoms with E-state index in [1.807, 2.05) is 12.1 Å². The normalized spacial score (nSPS) is 21.5. The number of benzene rings is 1. The molecule has 0 radical (unpaired) electrons. The number of phenols is 1. The van der Waals surface area contributed by atoms with Gasteiger partial charge in [-0.3, -0.25) is 0 Å². The Labute approximate surface area is 98.8 Å². The molecule has 3 heteroatoms. The van der Waals surface area contributed by atoms with Crippen molar-refractivity contribution in [3.63, 3.8) is 0 Å². The molecule has 0 spiro atoms. The van der Waals surface area contributed by atoms with Gasteiger partial charge in [-0.15, -0.1) is 0 Å². The summed E-state index contributed by atoms with van der Waals surface area (Å²) in [5.41, 5.74) is 1.28. The Bertz CT molecular complexity index is 334. The molecule has 1 heterocycles. The van der Waals surface area contributed by atoms with Gasteiger partial charge in [0.2, 0.25) is 0 Å². The highest BCUT2D eigenvalue weighted by Gasteiger charge is 2.13. The monoisotopic (exact) mass is 269 g/mol. The van der Waals surface area contributed by atoms with Gasteiger partial charge in [-0.1, -0.05) is 12.5 Å². The summed E-state index contributed by atoms with van der Waals surface area (Å²) >= 11 is 3.34. The van der Waals surface area contributed by atoms with Crippen LogP contribution in [0.5, 0.6) is 5.75 Å². The maximum atomic E-state index is 9.39. The molecule has 1 aliphatic heterocycles. The van der Waals surface area contributed by atoms with Gasteiger partial charge in [0.15, 0.2) is 0 Å². The fourth-order valence-corrected chi connectivity index (χ4v) is 2.49. The number of nitrogens with one attached hydrogen (secondary N) is 1. The Morgan fingerprint density at radius 2 is 2.27 bits per heavy atom. The fourth-order valence-electron chi connectivity index (χ4n) is 2.06. The fraction of sp³-hybridized carbons (Fsp3) is 0.500.